The minimum atomic E-state index is 0.201. The zero-order valence-electron chi connectivity index (χ0n) is 15.1. The molecule has 2 heterocycles. The molecule has 1 aliphatic rings. The number of ether oxygens (including phenoxy) is 2. The molecule has 6 nitrogen and oxygen atoms in total. The first kappa shape index (κ1) is 17.9. The number of nitrogens with one attached hydrogen (secondary N) is 1. The molecule has 27 heavy (non-hydrogen) atoms. The van der Waals surface area contributed by atoms with E-state index in [0.29, 0.717) is 6.10 Å². The molecule has 1 saturated carbocycles. The monoisotopic (exact) mass is 384 g/mol. The molecule has 2 aromatic heterocycles. The van der Waals surface area contributed by atoms with Crippen LogP contribution in [0.5, 0.6) is 5.75 Å². The largest absolute Gasteiger partial charge is 0.490 e. The Morgan fingerprint density at radius 3 is 2.70 bits per heavy atom. The number of rotatable bonds is 5. The van der Waals surface area contributed by atoms with Crippen LogP contribution in [0.15, 0.2) is 42.9 Å². The van der Waals surface area contributed by atoms with Gasteiger partial charge in [0.1, 0.15) is 17.7 Å². The molecule has 0 saturated heterocycles. The lowest BCUT2D eigenvalue weighted by Crippen LogP contribution is -2.29. The van der Waals surface area contributed by atoms with E-state index < -0.39 is 0 Å². The molecular weight excluding hydrogens is 364 g/mol. The van der Waals surface area contributed by atoms with E-state index in [0.717, 1.165) is 53.7 Å². The Hall–Kier alpha value is -2.44. The normalized spacial score (nSPS) is 19.8. The number of fused-ring (bicyclic) bond motifs is 1. The lowest BCUT2D eigenvalue weighted by Gasteiger charge is -2.28. The first-order valence-electron chi connectivity index (χ1n) is 9.04. The van der Waals surface area contributed by atoms with Crippen molar-refractivity contribution in [3.63, 3.8) is 0 Å². The molecule has 0 spiro atoms. The molecular formula is C20H21ClN4O2. The summed E-state index contributed by atoms with van der Waals surface area (Å²) in [7, 11) is 1.77. The van der Waals surface area contributed by atoms with Gasteiger partial charge in [0, 0.05) is 25.1 Å². The van der Waals surface area contributed by atoms with Crippen LogP contribution in [0.3, 0.4) is 0 Å². The van der Waals surface area contributed by atoms with Crippen LogP contribution in [0.25, 0.3) is 10.8 Å². The molecule has 0 unspecified atom stereocenters. The first-order valence-corrected chi connectivity index (χ1v) is 9.42. The second kappa shape index (κ2) is 8.06. The van der Waals surface area contributed by atoms with Crippen LogP contribution in [0.4, 0.5) is 11.5 Å². The van der Waals surface area contributed by atoms with E-state index >= 15 is 0 Å². The van der Waals surface area contributed by atoms with Gasteiger partial charge in [-0.3, -0.25) is 0 Å². The standard InChI is InChI=1S/C20H21ClN4O2/c1-26-15-3-2-4-16(10-15)27-17-5-6-18-13(9-17)7-8-22-19(18)25-14-11-23-20(21)24-12-14/h5-9,11-12,15-16H,2-4,10H2,1H3,(H,22,25)/t15-,16+/m1/s1. The third kappa shape index (κ3) is 4.28. The van der Waals surface area contributed by atoms with Crippen molar-refractivity contribution in [3.05, 3.63) is 48.1 Å². The fraction of sp³-hybridized carbons (Fsp3) is 0.350. The average molecular weight is 385 g/mol. The van der Waals surface area contributed by atoms with Gasteiger partial charge in [0.15, 0.2) is 0 Å². The molecule has 7 heteroatoms. The number of hydrogen-bond donors (Lipinski definition) is 1. The molecule has 1 aliphatic carbocycles. The summed E-state index contributed by atoms with van der Waals surface area (Å²) in [5.74, 6) is 1.61. The van der Waals surface area contributed by atoms with E-state index in [1.807, 2.05) is 18.2 Å². The molecule has 1 N–H and O–H groups in total. The van der Waals surface area contributed by atoms with Gasteiger partial charge in [0.25, 0.3) is 0 Å². The number of methoxy groups -OCH3 is 1. The number of benzene rings is 1. The van der Waals surface area contributed by atoms with Gasteiger partial charge in [-0.2, -0.15) is 0 Å². The Morgan fingerprint density at radius 1 is 1.07 bits per heavy atom. The molecule has 0 bridgehead atoms. The number of halogens is 1. The van der Waals surface area contributed by atoms with Crippen molar-refractivity contribution >= 4 is 33.9 Å². The second-order valence-electron chi connectivity index (χ2n) is 6.67. The zero-order valence-corrected chi connectivity index (χ0v) is 15.8. The Labute approximate surface area is 162 Å². The third-order valence-corrected chi connectivity index (χ3v) is 5.03. The number of hydrogen-bond acceptors (Lipinski definition) is 6. The SMILES string of the molecule is CO[C@@H]1CCC[C@H](Oc2ccc3c(Nc4cnc(Cl)nc4)nccc3c2)C1. The smallest absolute Gasteiger partial charge is 0.222 e. The van der Waals surface area contributed by atoms with Gasteiger partial charge < -0.3 is 14.8 Å². The van der Waals surface area contributed by atoms with E-state index in [9.17, 15) is 0 Å². The van der Waals surface area contributed by atoms with Crippen molar-refractivity contribution in [1.29, 1.82) is 0 Å². The highest BCUT2D eigenvalue weighted by Gasteiger charge is 2.23. The van der Waals surface area contributed by atoms with Crippen LogP contribution in [0, 0.1) is 0 Å². The lowest BCUT2D eigenvalue weighted by atomic mass is 9.95. The van der Waals surface area contributed by atoms with Crippen LogP contribution >= 0.6 is 11.6 Å². The van der Waals surface area contributed by atoms with E-state index in [4.69, 9.17) is 21.1 Å². The summed E-state index contributed by atoms with van der Waals surface area (Å²) in [6.45, 7) is 0. The van der Waals surface area contributed by atoms with Crippen molar-refractivity contribution in [2.24, 2.45) is 0 Å². The topological polar surface area (TPSA) is 69.2 Å². The molecule has 1 aromatic carbocycles. The lowest BCUT2D eigenvalue weighted by molar-refractivity contribution is 0.0210. The molecule has 140 valence electrons. The maximum absolute atomic E-state index is 6.21. The Morgan fingerprint density at radius 2 is 1.89 bits per heavy atom. The summed E-state index contributed by atoms with van der Waals surface area (Å²) >= 11 is 5.74. The van der Waals surface area contributed by atoms with Crippen LogP contribution < -0.4 is 10.1 Å². The highest BCUT2D eigenvalue weighted by molar-refractivity contribution is 6.28. The molecule has 0 radical (unpaired) electrons. The summed E-state index contributed by atoms with van der Waals surface area (Å²) in [6.07, 6.45) is 9.78. The van der Waals surface area contributed by atoms with Crippen molar-refractivity contribution < 1.29 is 9.47 Å². The fourth-order valence-corrected chi connectivity index (χ4v) is 3.56. The van der Waals surface area contributed by atoms with Crippen molar-refractivity contribution in [2.75, 3.05) is 12.4 Å². The molecule has 3 aromatic rings. The predicted octanol–water partition coefficient (Wildman–Crippen LogP) is 4.76. The van der Waals surface area contributed by atoms with E-state index in [1.165, 1.54) is 0 Å². The molecule has 2 atom stereocenters. The number of nitrogens with zero attached hydrogens (tertiary/aromatic N) is 3. The highest BCUT2D eigenvalue weighted by atomic mass is 35.5. The predicted molar refractivity (Wildman–Crippen MR) is 106 cm³/mol. The molecule has 1 fully saturated rings. The minimum absolute atomic E-state index is 0.201. The van der Waals surface area contributed by atoms with Gasteiger partial charge in [-0.1, -0.05) is 0 Å². The van der Waals surface area contributed by atoms with E-state index in [1.54, 1.807) is 25.7 Å². The molecule has 4 rings (SSSR count). The van der Waals surface area contributed by atoms with Crippen molar-refractivity contribution in [2.45, 2.75) is 37.9 Å². The van der Waals surface area contributed by atoms with Gasteiger partial charge in [0.05, 0.1) is 24.2 Å². The Balaban J connectivity index is 1.53. The maximum Gasteiger partial charge on any atom is 0.222 e. The van der Waals surface area contributed by atoms with Crippen LogP contribution in [0.1, 0.15) is 25.7 Å². The Kier molecular flexibility index (Phi) is 5.36. The van der Waals surface area contributed by atoms with Crippen molar-refractivity contribution in [1.82, 2.24) is 15.0 Å². The number of pyridine rings is 1. The van der Waals surface area contributed by atoms with Crippen LogP contribution in [-0.4, -0.2) is 34.3 Å². The van der Waals surface area contributed by atoms with E-state index in [-0.39, 0.29) is 11.4 Å². The summed E-state index contributed by atoms with van der Waals surface area (Å²) < 4.78 is 11.7. The quantitative estimate of drug-likeness (QED) is 0.639. The maximum atomic E-state index is 6.21. The van der Waals surface area contributed by atoms with Gasteiger partial charge in [-0.05, 0) is 60.5 Å². The van der Waals surface area contributed by atoms with Crippen molar-refractivity contribution in [3.8, 4) is 5.75 Å². The van der Waals surface area contributed by atoms with Crippen LogP contribution in [-0.2, 0) is 4.74 Å². The number of aromatic nitrogens is 3. The minimum Gasteiger partial charge on any atom is -0.490 e. The Bertz CT molecular complexity index is 920. The average Bonchev–Trinajstić information content (AvgIpc) is 2.70. The molecule has 0 aliphatic heterocycles. The van der Waals surface area contributed by atoms with E-state index in [2.05, 4.69) is 26.3 Å². The fourth-order valence-electron chi connectivity index (χ4n) is 3.46. The number of anilines is 2. The summed E-state index contributed by atoms with van der Waals surface area (Å²) in [5.41, 5.74) is 0.729. The zero-order chi connectivity index (χ0) is 18.6. The molecule has 0 amide bonds. The first-order chi connectivity index (χ1) is 13.2. The third-order valence-electron chi connectivity index (χ3n) is 4.83. The van der Waals surface area contributed by atoms with Crippen LogP contribution in [0.2, 0.25) is 5.28 Å². The second-order valence-corrected chi connectivity index (χ2v) is 7.01. The van der Waals surface area contributed by atoms with Gasteiger partial charge in [-0.25, -0.2) is 15.0 Å². The van der Waals surface area contributed by atoms with Gasteiger partial charge >= 0.3 is 0 Å². The highest BCUT2D eigenvalue weighted by Crippen LogP contribution is 2.30. The summed E-state index contributed by atoms with van der Waals surface area (Å²) in [6, 6.07) is 8.04. The van der Waals surface area contributed by atoms with Gasteiger partial charge in [0.2, 0.25) is 5.28 Å². The van der Waals surface area contributed by atoms with Gasteiger partial charge in [-0.15, -0.1) is 0 Å². The summed E-state index contributed by atoms with van der Waals surface area (Å²) in [4.78, 5) is 12.4. The summed E-state index contributed by atoms with van der Waals surface area (Å²) in [5, 5.41) is 5.50.